The Balaban J connectivity index is 2.93. The first-order chi connectivity index (χ1) is 8.04. The van der Waals surface area contributed by atoms with Crippen LogP contribution >= 0.6 is 23.2 Å². The van der Waals surface area contributed by atoms with E-state index in [-0.39, 0.29) is 6.04 Å². The van der Waals surface area contributed by atoms with Crippen LogP contribution in [0.15, 0.2) is 24.8 Å². The van der Waals surface area contributed by atoms with Crippen molar-refractivity contribution in [2.75, 3.05) is 6.61 Å². The van der Waals surface area contributed by atoms with Gasteiger partial charge >= 0.3 is 0 Å². The van der Waals surface area contributed by atoms with E-state index in [4.69, 9.17) is 33.7 Å². The second-order valence-corrected chi connectivity index (χ2v) is 4.83. The maximum Gasteiger partial charge on any atom is 0.141 e. The molecule has 0 saturated heterocycles. The Bertz CT molecular complexity index is 391. The zero-order valence-corrected chi connectivity index (χ0v) is 11.4. The molecule has 0 saturated carbocycles. The average molecular weight is 274 g/mol. The lowest BCUT2D eigenvalue weighted by atomic mass is 10.1. The Morgan fingerprint density at radius 2 is 2.18 bits per heavy atom. The van der Waals surface area contributed by atoms with E-state index >= 15 is 0 Å². The summed E-state index contributed by atoms with van der Waals surface area (Å²) in [6.45, 7) is 6.13. The van der Waals surface area contributed by atoms with Crippen LogP contribution in [0.25, 0.3) is 0 Å². The normalized spacial score (nSPS) is 12.2. The standard InChI is InChI=1S/C13H17Cl2NO/c1-3-4-5-17-13-10(6-9(2)16)7-11(14)8-12(13)15/h3,7-9H,1,4-6,16H2,2H3. The van der Waals surface area contributed by atoms with E-state index in [9.17, 15) is 0 Å². The van der Waals surface area contributed by atoms with Gasteiger partial charge in [0.1, 0.15) is 5.75 Å². The van der Waals surface area contributed by atoms with E-state index < -0.39 is 0 Å². The van der Waals surface area contributed by atoms with Gasteiger partial charge in [-0.1, -0.05) is 29.3 Å². The lowest BCUT2D eigenvalue weighted by molar-refractivity contribution is 0.321. The SMILES string of the molecule is C=CCCOc1c(Cl)cc(Cl)cc1CC(C)N. The fourth-order valence-corrected chi connectivity index (χ4v) is 2.11. The fraction of sp³-hybridized carbons (Fsp3) is 0.385. The van der Waals surface area contributed by atoms with Gasteiger partial charge in [0.2, 0.25) is 0 Å². The summed E-state index contributed by atoms with van der Waals surface area (Å²) in [7, 11) is 0. The van der Waals surface area contributed by atoms with E-state index in [0.717, 1.165) is 12.0 Å². The van der Waals surface area contributed by atoms with Crippen molar-refractivity contribution >= 4 is 23.2 Å². The molecular formula is C13H17Cl2NO. The summed E-state index contributed by atoms with van der Waals surface area (Å²) >= 11 is 12.1. The molecule has 1 rings (SSSR count). The van der Waals surface area contributed by atoms with Gasteiger partial charge in [-0.2, -0.15) is 0 Å². The first kappa shape index (κ1) is 14.4. The molecule has 0 aromatic heterocycles. The summed E-state index contributed by atoms with van der Waals surface area (Å²) in [6.07, 6.45) is 3.26. The third-order valence-corrected chi connectivity index (χ3v) is 2.69. The highest BCUT2D eigenvalue weighted by atomic mass is 35.5. The van der Waals surface area contributed by atoms with Crippen LogP contribution in [-0.4, -0.2) is 12.6 Å². The molecule has 0 aliphatic rings. The summed E-state index contributed by atoms with van der Waals surface area (Å²) in [4.78, 5) is 0. The molecule has 0 spiro atoms. The summed E-state index contributed by atoms with van der Waals surface area (Å²) in [6, 6.07) is 3.56. The first-order valence-corrected chi connectivity index (χ1v) is 6.27. The van der Waals surface area contributed by atoms with E-state index in [1.807, 2.05) is 13.0 Å². The minimum absolute atomic E-state index is 0.0336. The second kappa shape index (κ2) is 6.90. The fourth-order valence-electron chi connectivity index (χ4n) is 1.52. The summed E-state index contributed by atoms with van der Waals surface area (Å²) < 4.78 is 5.65. The molecule has 1 atom stereocenters. The highest BCUT2D eigenvalue weighted by molar-refractivity contribution is 6.35. The van der Waals surface area contributed by atoms with Gasteiger partial charge in [0, 0.05) is 11.1 Å². The lowest BCUT2D eigenvalue weighted by Crippen LogP contribution is -2.18. The predicted molar refractivity (Wildman–Crippen MR) is 74.1 cm³/mol. The molecule has 1 aromatic carbocycles. The number of nitrogens with two attached hydrogens (primary N) is 1. The van der Waals surface area contributed by atoms with Gasteiger partial charge in [-0.15, -0.1) is 6.58 Å². The molecule has 0 amide bonds. The number of hydrogen-bond donors (Lipinski definition) is 1. The number of ether oxygens (including phenoxy) is 1. The number of hydrogen-bond acceptors (Lipinski definition) is 2. The van der Waals surface area contributed by atoms with E-state index in [0.29, 0.717) is 28.8 Å². The monoisotopic (exact) mass is 273 g/mol. The largest absolute Gasteiger partial charge is 0.491 e. The molecule has 4 heteroatoms. The minimum atomic E-state index is 0.0336. The lowest BCUT2D eigenvalue weighted by Gasteiger charge is -2.14. The highest BCUT2D eigenvalue weighted by Crippen LogP contribution is 2.33. The molecule has 2 nitrogen and oxygen atoms in total. The molecule has 0 bridgehead atoms. The van der Waals surface area contributed by atoms with E-state index in [2.05, 4.69) is 6.58 Å². The molecule has 94 valence electrons. The van der Waals surface area contributed by atoms with Crippen molar-refractivity contribution in [3.05, 3.63) is 40.4 Å². The van der Waals surface area contributed by atoms with Crippen LogP contribution in [-0.2, 0) is 6.42 Å². The Kier molecular flexibility index (Phi) is 5.83. The molecule has 2 N–H and O–H groups in total. The van der Waals surface area contributed by atoms with Crippen molar-refractivity contribution in [3.63, 3.8) is 0 Å². The zero-order chi connectivity index (χ0) is 12.8. The van der Waals surface area contributed by atoms with Crippen LogP contribution in [0.2, 0.25) is 10.0 Å². The van der Waals surface area contributed by atoms with Crippen molar-refractivity contribution in [1.82, 2.24) is 0 Å². The van der Waals surface area contributed by atoms with E-state index in [1.165, 1.54) is 0 Å². The Morgan fingerprint density at radius 3 is 2.76 bits per heavy atom. The highest BCUT2D eigenvalue weighted by Gasteiger charge is 2.12. The van der Waals surface area contributed by atoms with Crippen molar-refractivity contribution in [2.24, 2.45) is 5.73 Å². The second-order valence-electron chi connectivity index (χ2n) is 3.98. The van der Waals surface area contributed by atoms with Crippen LogP contribution in [0.1, 0.15) is 18.9 Å². The molecule has 0 fully saturated rings. The topological polar surface area (TPSA) is 35.2 Å². The Morgan fingerprint density at radius 1 is 1.47 bits per heavy atom. The quantitative estimate of drug-likeness (QED) is 0.632. The third kappa shape index (κ3) is 4.58. The van der Waals surface area contributed by atoms with Crippen molar-refractivity contribution < 1.29 is 4.74 Å². The van der Waals surface area contributed by atoms with Gasteiger partial charge in [-0.3, -0.25) is 0 Å². The molecule has 0 radical (unpaired) electrons. The van der Waals surface area contributed by atoms with Crippen LogP contribution in [0, 0.1) is 0 Å². The summed E-state index contributed by atoms with van der Waals surface area (Å²) in [5, 5.41) is 1.12. The minimum Gasteiger partial charge on any atom is -0.491 e. The molecule has 1 unspecified atom stereocenters. The van der Waals surface area contributed by atoms with Crippen LogP contribution in [0.4, 0.5) is 0 Å². The maximum atomic E-state index is 6.12. The van der Waals surface area contributed by atoms with Gasteiger partial charge < -0.3 is 10.5 Å². The van der Waals surface area contributed by atoms with Gasteiger partial charge in [0.15, 0.2) is 0 Å². The molecule has 0 heterocycles. The number of halogens is 2. The number of rotatable bonds is 6. The molecule has 1 aromatic rings. The van der Waals surface area contributed by atoms with E-state index in [1.54, 1.807) is 12.1 Å². The van der Waals surface area contributed by atoms with Crippen LogP contribution in [0.3, 0.4) is 0 Å². The predicted octanol–water partition coefficient (Wildman–Crippen LogP) is 3.84. The summed E-state index contributed by atoms with van der Waals surface area (Å²) in [5.74, 6) is 0.676. The smallest absolute Gasteiger partial charge is 0.141 e. The third-order valence-electron chi connectivity index (χ3n) is 2.20. The van der Waals surface area contributed by atoms with Crippen LogP contribution < -0.4 is 10.5 Å². The molecular weight excluding hydrogens is 257 g/mol. The van der Waals surface area contributed by atoms with Crippen molar-refractivity contribution in [2.45, 2.75) is 25.8 Å². The molecule has 0 aliphatic carbocycles. The van der Waals surface area contributed by atoms with Gasteiger partial charge in [0.05, 0.1) is 11.6 Å². The van der Waals surface area contributed by atoms with Gasteiger partial charge in [0.25, 0.3) is 0 Å². The van der Waals surface area contributed by atoms with Crippen molar-refractivity contribution in [3.8, 4) is 5.75 Å². The first-order valence-electron chi connectivity index (χ1n) is 5.51. The number of benzene rings is 1. The molecule has 0 aliphatic heterocycles. The van der Waals surface area contributed by atoms with Crippen molar-refractivity contribution in [1.29, 1.82) is 0 Å². The Labute approximate surface area is 112 Å². The van der Waals surface area contributed by atoms with Gasteiger partial charge in [-0.05, 0) is 37.5 Å². The van der Waals surface area contributed by atoms with Crippen LogP contribution in [0.5, 0.6) is 5.75 Å². The van der Waals surface area contributed by atoms with Gasteiger partial charge in [-0.25, -0.2) is 0 Å². The zero-order valence-electron chi connectivity index (χ0n) is 9.88. The summed E-state index contributed by atoms with van der Waals surface area (Å²) in [5.41, 5.74) is 6.74. The maximum absolute atomic E-state index is 6.12. The molecule has 17 heavy (non-hydrogen) atoms. The average Bonchev–Trinajstić information content (AvgIpc) is 2.21. The Hall–Kier alpha value is -0.700.